The van der Waals surface area contributed by atoms with E-state index >= 15 is 0 Å². The predicted molar refractivity (Wildman–Crippen MR) is 112 cm³/mol. The van der Waals surface area contributed by atoms with Gasteiger partial charge >= 0.3 is 0 Å². The van der Waals surface area contributed by atoms with Gasteiger partial charge in [0.15, 0.2) is 0 Å². The van der Waals surface area contributed by atoms with Crippen LogP contribution in [0.1, 0.15) is 76.6 Å². The Balaban J connectivity index is 1.49. The number of nitrogens with one attached hydrogen (secondary N) is 1. The molecule has 0 heterocycles. The Morgan fingerprint density at radius 3 is 2.04 bits per heavy atom. The molecule has 5 rings (SSSR count). The van der Waals surface area contributed by atoms with E-state index in [1.165, 1.54) is 19.3 Å². The molecule has 2 amide bonds. The summed E-state index contributed by atoms with van der Waals surface area (Å²) in [6.07, 6.45) is 6.95. The molecule has 1 N–H and O–H groups in total. The van der Waals surface area contributed by atoms with E-state index in [1.807, 2.05) is 43.0 Å². The minimum atomic E-state index is -0.210. The molecule has 4 nitrogen and oxygen atoms in total. The molecule has 4 aliphatic carbocycles. The molecule has 0 radical (unpaired) electrons. The quantitative estimate of drug-likeness (QED) is 0.770. The van der Waals surface area contributed by atoms with Gasteiger partial charge in [0, 0.05) is 24.3 Å². The maximum atomic E-state index is 13.4. The average Bonchev–Trinajstić information content (AvgIpc) is 2.60. The molecule has 152 valence electrons. The highest BCUT2D eigenvalue weighted by atomic mass is 16.2. The zero-order chi connectivity index (χ0) is 20.2. The molecule has 0 spiro atoms. The lowest BCUT2D eigenvalue weighted by molar-refractivity contribution is -0.165. The molecule has 2 atom stereocenters. The first-order valence-corrected chi connectivity index (χ1v) is 10.9. The van der Waals surface area contributed by atoms with Crippen molar-refractivity contribution in [3.63, 3.8) is 0 Å². The van der Waals surface area contributed by atoms with Crippen LogP contribution in [0.15, 0.2) is 24.3 Å². The van der Waals surface area contributed by atoms with E-state index in [2.05, 4.69) is 19.2 Å². The second-order valence-corrected chi connectivity index (χ2v) is 10.4. The topological polar surface area (TPSA) is 49.4 Å². The van der Waals surface area contributed by atoms with E-state index < -0.39 is 0 Å². The highest BCUT2D eigenvalue weighted by Gasteiger charge is 2.62. The van der Waals surface area contributed by atoms with Gasteiger partial charge in [-0.3, -0.25) is 9.59 Å². The van der Waals surface area contributed by atoms with Crippen molar-refractivity contribution in [3.8, 4) is 0 Å². The van der Waals surface area contributed by atoms with Crippen LogP contribution in [0.5, 0.6) is 0 Å². The third-order valence-electron chi connectivity index (χ3n) is 7.55. The number of benzene rings is 1. The second-order valence-electron chi connectivity index (χ2n) is 10.4. The van der Waals surface area contributed by atoms with Crippen molar-refractivity contribution < 1.29 is 9.59 Å². The van der Waals surface area contributed by atoms with E-state index in [9.17, 15) is 9.59 Å². The summed E-state index contributed by atoms with van der Waals surface area (Å²) in [6.45, 7) is 10.2. The molecule has 0 aliphatic heterocycles. The lowest BCUT2D eigenvalue weighted by Gasteiger charge is -2.64. The molecular formula is C24H34N2O2. The van der Waals surface area contributed by atoms with Crippen LogP contribution in [0.25, 0.3) is 0 Å². The first-order valence-electron chi connectivity index (χ1n) is 10.9. The van der Waals surface area contributed by atoms with Gasteiger partial charge in [0.25, 0.3) is 5.91 Å². The maximum Gasteiger partial charge on any atom is 0.253 e. The Bertz CT molecular complexity index is 762. The van der Waals surface area contributed by atoms with Crippen molar-refractivity contribution in [2.24, 2.45) is 22.2 Å². The summed E-state index contributed by atoms with van der Waals surface area (Å²) in [7, 11) is 0. The molecule has 0 saturated heterocycles. The van der Waals surface area contributed by atoms with Gasteiger partial charge in [-0.05, 0) is 93.4 Å². The summed E-state index contributed by atoms with van der Waals surface area (Å²) >= 11 is 0. The van der Waals surface area contributed by atoms with Gasteiger partial charge in [0.1, 0.15) is 0 Å². The van der Waals surface area contributed by atoms with Crippen molar-refractivity contribution in [1.82, 2.24) is 4.90 Å². The van der Waals surface area contributed by atoms with E-state index in [1.54, 1.807) is 0 Å². The van der Waals surface area contributed by atoms with E-state index in [-0.39, 0.29) is 17.2 Å². The molecule has 0 aromatic heterocycles. The number of hydrogen-bond donors (Lipinski definition) is 1. The van der Waals surface area contributed by atoms with Gasteiger partial charge in [-0.1, -0.05) is 13.8 Å². The molecule has 4 bridgehead atoms. The van der Waals surface area contributed by atoms with Crippen LogP contribution in [0, 0.1) is 22.2 Å². The number of nitrogens with zero attached hydrogens (tertiary/aromatic N) is 1. The highest BCUT2D eigenvalue weighted by molar-refractivity contribution is 5.97. The third-order valence-corrected chi connectivity index (χ3v) is 7.55. The standard InChI is InChI=1S/C24H34N2O2/c1-5-26(6-2)20(27)18-7-9-19(10-8-18)25-21(28)24-13-17-11-22(3,15-24)14-23(4,12-17)16-24/h7-10,17H,5-6,11-16H2,1-4H3,(H,25,28). The van der Waals surface area contributed by atoms with Crippen LogP contribution in [0.3, 0.4) is 0 Å². The smallest absolute Gasteiger partial charge is 0.253 e. The SMILES string of the molecule is CCN(CC)C(=O)c1ccc(NC(=O)C23CC4CC(C)(CC(C)(C4)C2)C3)cc1. The number of carbonyl (C=O) groups is 2. The van der Waals surface area contributed by atoms with E-state index in [0.717, 1.165) is 24.9 Å². The Kier molecular flexibility index (Phi) is 4.59. The number of amides is 2. The molecule has 4 heteroatoms. The summed E-state index contributed by atoms with van der Waals surface area (Å²) in [6, 6.07) is 7.41. The van der Waals surface area contributed by atoms with Crippen LogP contribution < -0.4 is 5.32 Å². The zero-order valence-corrected chi connectivity index (χ0v) is 17.8. The predicted octanol–water partition coefficient (Wildman–Crippen LogP) is 5.10. The fraction of sp³-hybridized carbons (Fsp3) is 0.667. The molecule has 1 aromatic rings. The number of hydrogen-bond acceptors (Lipinski definition) is 2. The number of rotatable bonds is 5. The van der Waals surface area contributed by atoms with Crippen LogP contribution in [-0.4, -0.2) is 29.8 Å². The van der Waals surface area contributed by atoms with Gasteiger partial charge in [-0.2, -0.15) is 0 Å². The lowest BCUT2D eigenvalue weighted by atomic mass is 9.40. The van der Waals surface area contributed by atoms with E-state index in [4.69, 9.17) is 0 Å². The summed E-state index contributed by atoms with van der Waals surface area (Å²) in [5, 5.41) is 3.19. The number of anilines is 1. The summed E-state index contributed by atoms with van der Waals surface area (Å²) in [5.74, 6) is 0.938. The van der Waals surface area contributed by atoms with Crippen molar-refractivity contribution in [1.29, 1.82) is 0 Å². The highest BCUT2D eigenvalue weighted by Crippen LogP contribution is 2.69. The molecule has 4 saturated carbocycles. The van der Waals surface area contributed by atoms with Crippen molar-refractivity contribution in [2.75, 3.05) is 18.4 Å². The molecule has 2 unspecified atom stereocenters. The normalized spacial score (nSPS) is 35.6. The molecule has 28 heavy (non-hydrogen) atoms. The Hall–Kier alpha value is -1.84. The summed E-state index contributed by atoms with van der Waals surface area (Å²) < 4.78 is 0. The van der Waals surface area contributed by atoms with Gasteiger partial charge < -0.3 is 10.2 Å². The van der Waals surface area contributed by atoms with Gasteiger partial charge in [-0.15, -0.1) is 0 Å². The van der Waals surface area contributed by atoms with Crippen LogP contribution >= 0.6 is 0 Å². The third kappa shape index (κ3) is 3.25. The Morgan fingerprint density at radius 1 is 0.964 bits per heavy atom. The van der Waals surface area contributed by atoms with Crippen molar-refractivity contribution in [3.05, 3.63) is 29.8 Å². The van der Waals surface area contributed by atoms with Crippen molar-refractivity contribution in [2.45, 2.75) is 66.2 Å². The second kappa shape index (κ2) is 6.60. The van der Waals surface area contributed by atoms with Crippen LogP contribution in [0.2, 0.25) is 0 Å². The molecule has 4 aliphatic rings. The number of carbonyl (C=O) groups excluding carboxylic acids is 2. The first-order chi connectivity index (χ1) is 13.2. The first kappa shape index (κ1) is 19.5. The Morgan fingerprint density at radius 2 is 1.54 bits per heavy atom. The average molecular weight is 383 g/mol. The monoisotopic (exact) mass is 382 g/mol. The zero-order valence-electron chi connectivity index (χ0n) is 17.8. The molecule has 1 aromatic carbocycles. The van der Waals surface area contributed by atoms with Crippen LogP contribution in [0.4, 0.5) is 5.69 Å². The van der Waals surface area contributed by atoms with Crippen molar-refractivity contribution >= 4 is 17.5 Å². The largest absolute Gasteiger partial charge is 0.339 e. The van der Waals surface area contributed by atoms with Gasteiger partial charge in [0.2, 0.25) is 5.91 Å². The summed E-state index contributed by atoms with van der Waals surface area (Å²) in [5.41, 5.74) is 1.92. The maximum absolute atomic E-state index is 13.4. The fourth-order valence-corrected chi connectivity index (χ4v) is 7.35. The summed E-state index contributed by atoms with van der Waals surface area (Å²) in [4.78, 5) is 27.7. The fourth-order valence-electron chi connectivity index (χ4n) is 7.35. The minimum Gasteiger partial charge on any atom is -0.339 e. The van der Waals surface area contributed by atoms with Crippen LogP contribution in [-0.2, 0) is 4.79 Å². The Labute approximate surface area is 169 Å². The minimum absolute atomic E-state index is 0.0461. The van der Waals surface area contributed by atoms with Gasteiger partial charge in [0.05, 0.1) is 5.41 Å². The molecular weight excluding hydrogens is 348 g/mol. The lowest BCUT2D eigenvalue weighted by Crippen LogP contribution is -2.58. The van der Waals surface area contributed by atoms with Gasteiger partial charge in [-0.25, -0.2) is 0 Å². The van der Waals surface area contributed by atoms with E-state index in [0.29, 0.717) is 35.4 Å². The molecule has 4 fully saturated rings.